The quantitative estimate of drug-likeness (QED) is 0.218. The fraction of sp³-hybridized carbons (Fsp3) is 0.438. The number of carbonyl (C=O) groups is 1. The zero-order valence-corrected chi connectivity index (χ0v) is 26.7. The lowest BCUT2D eigenvalue weighted by Gasteiger charge is -2.45. The van der Waals surface area contributed by atoms with E-state index in [1.807, 2.05) is 18.7 Å². The number of anilines is 1. The number of alkyl halides is 4. The van der Waals surface area contributed by atoms with Crippen LogP contribution in [0, 0.1) is 5.82 Å². The Morgan fingerprint density at radius 2 is 1.85 bits per heavy atom. The second-order valence-corrected chi connectivity index (χ2v) is 13.6. The monoisotopic (exact) mass is 673 g/mol. The van der Waals surface area contributed by atoms with Crippen molar-refractivity contribution < 1.29 is 26.7 Å². The molecule has 3 atom stereocenters. The normalized spacial score (nSPS) is 22.3. The highest BCUT2D eigenvalue weighted by Gasteiger charge is 2.42. The zero-order valence-electron chi connectivity index (χ0n) is 25.9. The molecule has 0 N–H and O–H groups in total. The smallest absolute Gasteiger partial charge is 0.349 e. The van der Waals surface area contributed by atoms with E-state index in [1.165, 1.54) is 46.4 Å². The number of benzene rings is 2. The number of amides is 1. The Bertz CT molecular complexity index is 2000. The number of rotatable bonds is 5. The molecule has 248 valence electrons. The minimum absolute atomic E-state index is 0.0743. The van der Waals surface area contributed by atoms with Gasteiger partial charge in [-0.15, -0.1) is 11.8 Å². The molecule has 2 fully saturated rings. The number of thioether (sulfide) groups is 1. The molecule has 9 nitrogen and oxygen atoms in total. The maximum Gasteiger partial charge on any atom is 0.417 e. The molecular weight excluding hydrogens is 641 g/mol. The molecule has 2 saturated heterocycles. The van der Waals surface area contributed by atoms with Crippen LogP contribution in [0.25, 0.3) is 32.9 Å². The van der Waals surface area contributed by atoms with E-state index in [1.54, 1.807) is 9.80 Å². The van der Waals surface area contributed by atoms with Crippen LogP contribution < -0.4 is 10.6 Å². The number of aryl methyl sites for hydroxylation is 1. The Hall–Kier alpha value is -3.98. The molecule has 15 heteroatoms. The van der Waals surface area contributed by atoms with E-state index in [9.17, 15) is 18.4 Å². The van der Waals surface area contributed by atoms with Gasteiger partial charge in [0.15, 0.2) is 0 Å². The summed E-state index contributed by atoms with van der Waals surface area (Å²) in [5, 5.41) is 4.35. The predicted molar refractivity (Wildman–Crippen MR) is 170 cm³/mol. The van der Waals surface area contributed by atoms with Crippen LogP contribution in [-0.4, -0.2) is 91.8 Å². The number of fused-ring (bicyclic) bond motifs is 1. The largest absolute Gasteiger partial charge is 0.417 e. The summed E-state index contributed by atoms with van der Waals surface area (Å²) in [5.74, 6) is -0.534. The number of halogens is 5. The van der Waals surface area contributed by atoms with Crippen molar-refractivity contribution in [3.05, 3.63) is 58.9 Å². The molecule has 0 saturated carbocycles. The summed E-state index contributed by atoms with van der Waals surface area (Å²) in [4.78, 5) is 36.5. The van der Waals surface area contributed by atoms with E-state index in [0.717, 1.165) is 12.1 Å². The van der Waals surface area contributed by atoms with Gasteiger partial charge < -0.3 is 9.80 Å². The summed E-state index contributed by atoms with van der Waals surface area (Å²) in [6.07, 6.45) is -3.30. The first-order valence-corrected chi connectivity index (χ1v) is 16.3. The molecule has 3 aliphatic heterocycles. The van der Waals surface area contributed by atoms with E-state index < -0.39 is 41.5 Å². The molecule has 7 rings (SSSR count). The Kier molecular flexibility index (Phi) is 7.62. The van der Waals surface area contributed by atoms with Crippen LogP contribution in [0.4, 0.5) is 27.8 Å². The summed E-state index contributed by atoms with van der Waals surface area (Å²) >= 11 is 1.20. The molecule has 0 bridgehead atoms. The van der Waals surface area contributed by atoms with Crippen molar-refractivity contribution in [1.82, 2.24) is 29.1 Å². The second kappa shape index (κ2) is 11.3. The SMILES string of the molecule is C=CC(=O)N1C[C@H](C)N(c2nc(=O)n3c4c(c(-c5ccc(F)c6cnn(C)c56)c(C(F)(F)F)cc24)SCC3CN2CC(F)C2)C[C@H]1C. The van der Waals surface area contributed by atoms with Crippen molar-refractivity contribution >= 4 is 45.3 Å². The van der Waals surface area contributed by atoms with E-state index in [2.05, 4.69) is 16.7 Å². The van der Waals surface area contributed by atoms with Gasteiger partial charge in [0.2, 0.25) is 5.91 Å². The molecule has 1 amide bonds. The summed E-state index contributed by atoms with van der Waals surface area (Å²) in [7, 11) is 1.54. The van der Waals surface area contributed by atoms with Crippen molar-refractivity contribution in [3.8, 4) is 11.1 Å². The minimum atomic E-state index is -4.84. The summed E-state index contributed by atoms with van der Waals surface area (Å²) in [6, 6.07) is 2.28. The van der Waals surface area contributed by atoms with E-state index in [0.29, 0.717) is 12.1 Å². The van der Waals surface area contributed by atoms with E-state index in [4.69, 9.17) is 0 Å². The Morgan fingerprint density at radius 3 is 2.53 bits per heavy atom. The van der Waals surface area contributed by atoms with Crippen LogP contribution >= 0.6 is 11.8 Å². The van der Waals surface area contributed by atoms with Gasteiger partial charge in [-0.25, -0.2) is 13.6 Å². The van der Waals surface area contributed by atoms with Crippen LogP contribution in [0.15, 0.2) is 46.7 Å². The van der Waals surface area contributed by atoms with Crippen molar-refractivity contribution in [1.29, 1.82) is 0 Å². The average Bonchev–Trinajstić information content (AvgIpc) is 3.40. The topological polar surface area (TPSA) is 79.5 Å². The molecule has 47 heavy (non-hydrogen) atoms. The molecule has 4 aromatic rings. The van der Waals surface area contributed by atoms with Gasteiger partial charge >= 0.3 is 11.9 Å². The molecule has 2 aromatic heterocycles. The third kappa shape index (κ3) is 5.09. The van der Waals surface area contributed by atoms with Crippen molar-refractivity contribution in [2.45, 2.75) is 49.2 Å². The lowest BCUT2D eigenvalue weighted by Crippen LogP contribution is -2.58. The average molecular weight is 674 g/mol. The van der Waals surface area contributed by atoms with Crippen LogP contribution in [0.3, 0.4) is 0 Å². The van der Waals surface area contributed by atoms with E-state index >= 15 is 13.2 Å². The first kappa shape index (κ1) is 31.6. The van der Waals surface area contributed by atoms with Crippen LogP contribution in [-0.2, 0) is 18.0 Å². The fourth-order valence-corrected chi connectivity index (χ4v) is 8.52. The highest BCUT2D eigenvalue weighted by atomic mass is 32.2. The van der Waals surface area contributed by atoms with Crippen molar-refractivity contribution in [2.75, 3.05) is 43.4 Å². The molecule has 0 radical (unpaired) electrons. The Morgan fingerprint density at radius 1 is 1.11 bits per heavy atom. The van der Waals surface area contributed by atoms with Gasteiger partial charge in [-0.05, 0) is 38.1 Å². The molecule has 0 aliphatic carbocycles. The Labute approximate surface area is 270 Å². The number of hydrogen-bond donors (Lipinski definition) is 0. The zero-order chi connectivity index (χ0) is 33.5. The molecule has 1 unspecified atom stereocenters. The van der Waals surface area contributed by atoms with Gasteiger partial charge in [-0.1, -0.05) is 6.58 Å². The molecular formula is C32H32F5N7O2S. The van der Waals surface area contributed by atoms with Gasteiger partial charge in [0.25, 0.3) is 0 Å². The fourth-order valence-electron chi connectivity index (χ4n) is 7.19. The maximum absolute atomic E-state index is 15.2. The summed E-state index contributed by atoms with van der Waals surface area (Å²) in [6.45, 7) is 8.45. The number of carbonyl (C=O) groups excluding carboxylic acids is 1. The first-order chi connectivity index (χ1) is 22.3. The molecule has 5 heterocycles. The highest BCUT2D eigenvalue weighted by Crippen LogP contribution is 2.51. The lowest BCUT2D eigenvalue weighted by atomic mass is 9.94. The third-order valence-corrected chi connectivity index (χ3v) is 10.7. The molecule has 3 aliphatic rings. The lowest BCUT2D eigenvalue weighted by molar-refractivity contribution is -0.137. The van der Waals surface area contributed by atoms with Gasteiger partial charge in [-0.3, -0.25) is 18.9 Å². The molecule has 0 spiro atoms. The van der Waals surface area contributed by atoms with Gasteiger partial charge in [0, 0.05) is 79.0 Å². The van der Waals surface area contributed by atoms with Gasteiger partial charge in [0.05, 0.1) is 34.2 Å². The van der Waals surface area contributed by atoms with Crippen LogP contribution in [0.1, 0.15) is 25.5 Å². The summed E-state index contributed by atoms with van der Waals surface area (Å²) in [5.41, 5.74) is -1.12. The highest BCUT2D eigenvalue weighted by molar-refractivity contribution is 7.99. The summed E-state index contributed by atoms with van der Waals surface area (Å²) < 4.78 is 77.0. The van der Waals surface area contributed by atoms with Gasteiger partial charge in [0.1, 0.15) is 17.8 Å². The second-order valence-electron chi connectivity index (χ2n) is 12.6. The van der Waals surface area contributed by atoms with E-state index in [-0.39, 0.29) is 82.0 Å². The molecule has 2 aromatic carbocycles. The third-order valence-electron chi connectivity index (χ3n) is 9.45. The number of piperazine rings is 1. The van der Waals surface area contributed by atoms with Gasteiger partial charge in [-0.2, -0.15) is 23.3 Å². The first-order valence-electron chi connectivity index (χ1n) is 15.3. The standard InChI is InChI=1S/C32H32F5N7O2S/c1-5-25(45)42-10-17(3)43(11-16(42)2)30-21-8-23(32(35,36)37)26(20-6-7-24(34)22-9-38-40(4)27(20)22)29-28(21)44(31(46)39-30)19(15-47-29)14-41-12-18(33)13-41/h5-9,16-19H,1,10-15H2,2-4H3/t16-,17+,19?/m1/s1. The number of aromatic nitrogens is 4. The van der Waals surface area contributed by atoms with Crippen molar-refractivity contribution in [3.63, 3.8) is 0 Å². The van der Waals surface area contributed by atoms with Crippen molar-refractivity contribution in [2.24, 2.45) is 7.05 Å². The number of likely N-dealkylation sites (tertiary alicyclic amines) is 1. The maximum atomic E-state index is 15.2. The number of nitrogens with zero attached hydrogens (tertiary/aromatic N) is 7. The Balaban J connectivity index is 1.52. The minimum Gasteiger partial charge on any atom is -0.349 e. The van der Waals surface area contributed by atoms with Crippen LogP contribution in [0.5, 0.6) is 0 Å². The van der Waals surface area contributed by atoms with Crippen LogP contribution in [0.2, 0.25) is 0 Å². The number of hydrogen-bond acceptors (Lipinski definition) is 7. The predicted octanol–water partition coefficient (Wildman–Crippen LogP) is 5.02.